The monoisotopic (exact) mass is 255 g/mol. The van der Waals surface area contributed by atoms with Crippen LogP contribution in [0.15, 0.2) is 48.5 Å². The zero-order valence-corrected chi connectivity index (χ0v) is 10.7. The number of phenols is 1. The van der Waals surface area contributed by atoms with Crippen molar-refractivity contribution >= 4 is 5.69 Å². The van der Waals surface area contributed by atoms with E-state index in [1.807, 2.05) is 12.1 Å². The van der Waals surface area contributed by atoms with Gasteiger partial charge in [0.15, 0.2) is 0 Å². The van der Waals surface area contributed by atoms with E-state index in [-0.39, 0.29) is 5.75 Å². The summed E-state index contributed by atoms with van der Waals surface area (Å²) in [6.45, 7) is 1.62. The number of benzene rings is 2. The third kappa shape index (κ3) is 2.65. The molecule has 0 bridgehead atoms. The molecule has 3 nitrogen and oxygen atoms in total. The van der Waals surface area contributed by atoms with E-state index in [0.717, 1.165) is 18.7 Å². The summed E-state index contributed by atoms with van der Waals surface area (Å²) in [4.78, 5) is 0. The van der Waals surface area contributed by atoms with E-state index in [1.54, 1.807) is 18.2 Å². The van der Waals surface area contributed by atoms with Crippen molar-refractivity contribution in [3.05, 3.63) is 54.1 Å². The lowest BCUT2D eigenvalue weighted by Gasteiger charge is -2.26. The van der Waals surface area contributed by atoms with Crippen molar-refractivity contribution in [2.45, 2.75) is 12.3 Å². The number of fused-ring (bicyclic) bond motifs is 1. The Balaban J connectivity index is 1.71. The molecular weight excluding hydrogens is 238 g/mol. The molecule has 0 radical (unpaired) electrons. The number of phenolic OH excluding ortho intramolecular Hbond substituents is 1. The molecule has 98 valence electrons. The summed E-state index contributed by atoms with van der Waals surface area (Å²) in [7, 11) is 0. The van der Waals surface area contributed by atoms with Gasteiger partial charge in [-0.3, -0.25) is 0 Å². The molecule has 1 aliphatic heterocycles. The first-order valence-electron chi connectivity index (χ1n) is 6.57. The standard InChI is InChI=1S/C16H17NO2/c18-13-4-3-5-14(10-13)19-11-12-8-9-17-16-7-2-1-6-15(12)16/h1-7,10,12,17-18H,8-9,11H2. The molecule has 1 unspecified atom stereocenters. The normalized spacial score (nSPS) is 17.4. The highest BCUT2D eigenvalue weighted by atomic mass is 16.5. The second kappa shape index (κ2) is 5.22. The van der Waals surface area contributed by atoms with Gasteiger partial charge in [0, 0.05) is 24.2 Å². The van der Waals surface area contributed by atoms with Gasteiger partial charge in [-0.05, 0) is 30.2 Å². The Morgan fingerprint density at radius 2 is 2.05 bits per heavy atom. The summed E-state index contributed by atoms with van der Waals surface area (Å²) in [5, 5.41) is 12.8. The van der Waals surface area contributed by atoms with Crippen LogP contribution in [0.1, 0.15) is 17.9 Å². The molecule has 19 heavy (non-hydrogen) atoms. The maximum Gasteiger partial charge on any atom is 0.123 e. The van der Waals surface area contributed by atoms with E-state index in [4.69, 9.17) is 4.74 Å². The zero-order chi connectivity index (χ0) is 13.1. The summed E-state index contributed by atoms with van der Waals surface area (Å²) < 4.78 is 5.80. The molecule has 0 aromatic heterocycles. The van der Waals surface area contributed by atoms with E-state index in [2.05, 4.69) is 23.5 Å². The van der Waals surface area contributed by atoms with Gasteiger partial charge in [0.25, 0.3) is 0 Å². The lowest BCUT2D eigenvalue weighted by Crippen LogP contribution is -2.21. The van der Waals surface area contributed by atoms with E-state index in [9.17, 15) is 5.11 Å². The minimum atomic E-state index is 0.239. The van der Waals surface area contributed by atoms with E-state index >= 15 is 0 Å². The van der Waals surface area contributed by atoms with Crippen LogP contribution in [0.3, 0.4) is 0 Å². The lowest BCUT2D eigenvalue weighted by molar-refractivity contribution is 0.280. The summed E-state index contributed by atoms with van der Waals surface area (Å²) in [5.74, 6) is 1.36. The molecule has 0 fully saturated rings. The Morgan fingerprint density at radius 3 is 2.95 bits per heavy atom. The highest BCUT2D eigenvalue weighted by molar-refractivity contribution is 5.54. The van der Waals surface area contributed by atoms with Crippen molar-refractivity contribution in [3.8, 4) is 11.5 Å². The quantitative estimate of drug-likeness (QED) is 0.883. The predicted molar refractivity (Wildman–Crippen MR) is 75.9 cm³/mol. The highest BCUT2D eigenvalue weighted by Gasteiger charge is 2.19. The van der Waals surface area contributed by atoms with E-state index in [0.29, 0.717) is 12.5 Å². The maximum atomic E-state index is 9.42. The molecule has 1 heterocycles. The van der Waals surface area contributed by atoms with Crippen LogP contribution in [0.5, 0.6) is 11.5 Å². The zero-order valence-electron chi connectivity index (χ0n) is 10.7. The average Bonchev–Trinajstić information content (AvgIpc) is 2.45. The van der Waals surface area contributed by atoms with Crippen LogP contribution < -0.4 is 10.1 Å². The number of nitrogens with one attached hydrogen (secondary N) is 1. The van der Waals surface area contributed by atoms with Gasteiger partial charge in [0.1, 0.15) is 11.5 Å². The van der Waals surface area contributed by atoms with Crippen molar-refractivity contribution in [1.29, 1.82) is 0 Å². The molecule has 2 N–H and O–H groups in total. The fraction of sp³-hybridized carbons (Fsp3) is 0.250. The van der Waals surface area contributed by atoms with Crippen molar-refractivity contribution in [2.75, 3.05) is 18.5 Å². The minimum absolute atomic E-state index is 0.239. The first-order chi connectivity index (χ1) is 9.33. The number of hydrogen-bond acceptors (Lipinski definition) is 3. The van der Waals surface area contributed by atoms with Gasteiger partial charge in [-0.2, -0.15) is 0 Å². The highest BCUT2D eigenvalue weighted by Crippen LogP contribution is 2.32. The second-order valence-electron chi connectivity index (χ2n) is 4.81. The molecule has 2 aromatic carbocycles. The van der Waals surface area contributed by atoms with Gasteiger partial charge < -0.3 is 15.2 Å². The molecule has 3 rings (SSSR count). The minimum Gasteiger partial charge on any atom is -0.508 e. The predicted octanol–water partition coefficient (Wildman–Crippen LogP) is 3.37. The third-order valence-electron chi connectivity index (χ3n) is 3.48. The van der Waals surface area contributed by atoms with E-state index < -0.39 is 0 Å². The number of para-hydroxylation sites is 1. The van der Waals surface area contributed by atoms with Gasteiger partial charge in [0.05, 0.1) is 6.61 Å². The summed E-state index contributed by atoms with van der Waals surface area (Å²) >= 11 is 0. The van der Waals surface area contributed by atoms with Crippen LogP contribution >= 0.6 is 0 Å². The van der Waals surface area contributed by atoms with E-state index in [1.165, 1.54) is 11.3 Å². The SMILES string of the molecule is Oc1cccc(OCC2CCNc3ccccc32)c1. The Hall–Kier alpha value is -2.16. The van der Waals surface area contributed by atoms with Gasteiger partial charge in [-0.15, -0.1) is 0 Å². The lowest BCUT2D eigenvalue weighted by atomic mass is 9.92. The summed E-state index contributed by atoms with van der Waals surface area (Å²) in [5.41, 5.74) is 2.52. The maximum absolute atomic E-state index is 9.42. The fourth-order valence-electron chi connectivity index (χ4n) is 2.49. The largest absolute Gasteiger partial charge is 0.508 e. The van der Waals surface area contributed by atoms with Gasteiger partial charge in [-0.1, -0.05) is 24.3 Å². The smallest absolute Gasteiger partial charge is 0.123 e. The molecule has 1 aliphatic rings. The average molecular weight is 255 g/mol. The van der Waals surface area contributed by atoms with Crippen molar-refractivity contribution in [1.82, 2.24) is 0 Å². The Kier molecular flexibility index (Phi) is 3.27. The molecule has 1 atom stereocenters. The molecule has 0 saturated heterocycles. The molecule has 3 heteroatoms. The molecule has 0 amide bonds. The fourth-order valence-corrected chi connectivity index (χ4v) is 2.49. The van der Waals surface area contributed by atoms with Crippen molar-refractivity contribution in [3.63, 3.8) is 0 Å². The number of rotatable bonds is 3. The van der Waals surface area contributed by atoms with Gasteiger partial charge in [-0.25, -0.2) is 0 Å². The van der Waals surface area contributed by atoms with Crippen LogP contribution in [-0.2, 0) is 0 Å². The van der Waals surface area contributed by atoms with Gasteiger partial charge in [0.2, 0.25) is 0 Å². The van der Waals surface area contributed by atoms with Gasteiger partial charge >= 0.3 is 0 Å². The van der Waals surface area contributed by atoms with Crippen LogP contribution in [-0.4, -0.2) is 18.3 Å². The van der Waals surface area contributed by atoms with Crippen LogP contribution in [0, 0.1) is 0 Å². The molecular formula is C16H17NO2. The molecule has 2 aromatic rings. The first kappa shape index (κ1) is 11.9. The Labute approximate surface area is 112 Å². The number of ether oxygens (including phenoxy) is 1. The van der Waals surface area contributed by atoms with Crippen molar-refractivity contribution < 1.29 is 9.84 Å². The van der Waals surface area contributed by atoms with Crippen molar-refractivity contribution in [2.24, 2.45) is 0 Å². The van der Waals surface area contributed by atoms with Crippen LogP contribution in [0.25, 0.3) is 0 Å². The van der Waals surface area contributed by atoms with Crippen LogP contribution in [0.2, 0.25) is 0 Å². The second-order valence-corrected chi connectivity index (χ2v) is 4.81. The summed E-state index contributed by atoms with van der Waals surface area (Å²) in [6.07, 6.45) is 1.07. The number of aromatic hydroxyl groups is 1. The summed E-state index contributed by atoms with van der Waals surface area (Å²) in [6, 6.07) is 15.3. The Bertz CT molecular complexity index is 568. The first-order valence-corrected chi connectivity index (χ1v) is 6.57. The molecule has 0 aliphatic carbocycles. The Morgan fingerprint density at radius 1 is 1.16 bits per heavy atom. The third-order valence-corrected chi connectivity index (χ3v) is 3.48. The topological polar surface area (TPSA) is 41.5 Å². The molecule has 0 saturated carbocycles. The number of anilines is 1. The number of hydrogen-bond donors (Lipinski definition) is 2. The van der Waals surface area contributed by atoms with Crippen LogP contribution in [0.4, 0.5) is 5.69 Å². The molecule has 0 spiro atoms.